The zero-order valence-electron chi connectivity index (χ0n) is 14.1. The summed E-state index contributed by atoms with van der Waals surface area (Å²) in [5.41, 5.74) is 0.0692. The molecule has 0 saturated heterocycles. The van der Waals surface area contributed by atoms with Gasteiger partial charge in [-0.15, -0.1) is 0 Å². The lowest BCUT2D eigenvalue weighted by molar-refractivity contribution is -0.385. The molecule has 0 amide bonds. The van der Waals surface area contributed by atoms with E-state index < -0.39 is 4.92 Å². The number of rotatable bonds is 9. The standard InChI is InChI=1S/C18H19NO6/c1-3-17(20)13-4-9-18(16(12-13)19(21)22)25-11-10-24-15-7-5-14(23-2)6-8-15/h4-9,12H,3,10-11H2,1-2H3. The lowest BCUT2D eigenvalue weighted by Crippen LogP contribution is -2.10. The van der Waals surface area contributed by atoms with Gasteiger partial charge in [-0.05, 0) is 36.4 Å². The molecule has 0 aliphatic carbocycles. The highest BCUT2D eigenvalue weighted by Crippen LogP contribution is 2.28. The molecule has 7 nitrogen and oxygen atoms in total. The van der Waals surface area contributed by atoms with Gasteiger partial charge >= 0.3 is 5.69 Å². The first-order valence-electron chi connectivity index (χ1n) is 7.76. The fourth-order valence-electron chi connectivity index (χ4n) is 2.14. The van der Waals surface area contributed by atoms with Crippen molar-refractivity contribution < 1.29 is 23.9 Å². The molecule has 0 unspecified atom stereocenters. The van der Waals surface area contributed by atoms with Gasteiger partial charge in [-0.2, -0.15) is 0 Å². The fraction of sp³-hybridized carbons (Fsp3) is 0.278. The average molecular weight is 345 g/mol. The molecule has 0 saturated carbocycles. The van der Waals surface area contributed by atoms with Gasteiger partial charge in [0.15, 0.2) is 11.5 Å². The van der Waals surface area contributed by atoms with Crippen LogP contribution in [0.4, 0.5) is 5.69 Å². The Morgan fingerprint density at radius 2 is 1.68 bits per heavy atom. The first-order valence-corrected chi connectivity index (χ1v) is 7.76. The van der Waals surface area contributed by atoms with E-state index in [0.29, 0.717) is 11.3 Å². The van der Waals surface area contributed by atoms with Crippen LogP contribution in [-0.2, 0) is 0 Å². The fourth-order valence-corrected chi connectivity index (χ4v) is 2.14. The largest absolute Gasteiger partial charge is 0.497 e. The molecule has 0 N–H and O–H groups in total. The first kappa shape index (κ1) is 18.3. The van der Waals surface area contributed by atoms with E-state index in [-0.39, 0.29) is 36.9 Å². The molecule has 25 heavy (non-hydrogen) atoms. The second-order valence-corrected chi connectivity index (χ2v) is 5.09. The van der Waals surface area contributed by atoms with Crippen molar-refractivity contribution >= 4 is 11.5 Å². The van der Waals surface area contributed by atoms with Gasteiger partial charge in [-0.3, -0.25) is 14.9 Å². The number of nitro groups is 1. The maximum Gasteiger partial charge on any atom is 0.311 e. The number of nitrogens with zero attached hydrogens (tertiary/aromatic N) is 1. The van der Waals surface area contributed by atoms with E-state index in [0.717, 1.165) is 5.75 Å². The maximum absolute atomic E-state index is 11.7. The van der Waals surface area contributed by atoms with Crippen LogP contribution in [0.2, 0.25) is 0 Å². The topological polar surface area (TPSA) is 87.9 Å². The summed E-state index contributed by atoms with van der Waals surface area (Å²) < 4.78 is 16.0. The van der Waals surface area contributed by atoms with Crippen LogP contribution in [0.5, 0.6) is 17.2 Å². The molecule has 0 radical (unpaired) electrons. The predicted octanol–water partition coefficient (Wildman–Crippen LogP) is 3.65. The summed E-state index contributed by atoms with van der Waals surface area (Å²) in [6, 6.07) is 11.3. The maximum atomic E-state index is 11.7. The minimum atomic E-state index is -0.563. The average Bonchev–Trinajstić information content (AvgIpc) is 2.65. The molecule has 2 aromatic rings. The van der Waals surface area contributed by atoms with Crippen molar-refractivity contribution in [3.05, 3.63) is 58.1 Å². The van der Waals surface area contributed by atoms with E-state index in [1.165, 1.54) is 18.2 Å². The van der Waals surface area contributed by atoms with E-state index in [1.807, 2.05) is 0 Å². The van der Waals surface area contributed by atoms with Crippen LogP contribution < -0.4 is 14.2 Å². The summed E-state index contributed by atoms with van der Waals surface area (Å²) in [5, 5.41) is 11.2. The number of carbonyl (C=O) groups excluding carboxylic acids is 1. The van der Waals surface area contributed by atoms with Crippen molar-refractivity contribution in [3.63, 3.8) is 0 Å². The molecule has 0 atom stereocenters. The smallest absolute Gasteiger partial charge is 0.311 e. The van der Waals surface area contributed by atoms with Crippen LogP contribution in [0.1, 0.15) is 23.7 Å². The zero-order chi connectivity index (χ0) is 18.2. The Morgan fingerprint density at radius 1 is 1.04 bits per heavy atom. The SMILES string of the molecule is CCC(=O)c1ccc(OCCOc2ccc(OC)cc2)c([N+](=O)[O-])c1. The number of nitro benzene ring substituents is 1. The van der Waals surface area contributed by atoms with Gasteiger partial charge in [-0.25, -0.2) is 0 Å². The Morgan fingerprint density at radius 3 is 2.28 bits per heavy atom. The van der Waals surface area contributed by atoms with Gasteiger partial charge in [0, 0.05) is 18.1 Å². The molecule has 2 aromatic carbocycles. The van der Waals surface area contributed by atoms with Crippen LogP contribution in [0.25, 0.3) is 0 Å². The number of hydrogen-bond acceptors (Lipinski definition) is 6. The highest BCUT2D eigenvalue weighted by molar-refractivity contribution is 5.96. The Balaban J connectivity index is 1.95. The molecule has 0 aliphatic rings. The number of methoxy groups -OCH3 is 1. The lowest BCUT2D eigenvalue weighted by atomic mass is 10.1. The van der Waals surface area contributed by atoms with Crippen molar-refractivity contribution in [2.24, 2.45) is 0 Å². The minimum Gasteiger partial charge on any atom is -0.497 e. The highest BCUT2D eigenvalue weighted by Gasteiger charge is 2.18. The number of benzene rings is 2. The van der Waals surface area contributed by atoms with Crippen LogP contribution in [0, 0.1) is 10.1 Å². The molecule has 0 bridgehead atoms. The van der Waals surface area contributed by atoms with Crippen molar-refractivity contribution in [3.8, 4) is 17.2 Å². The van der Waals surface area contributed by atoms with Gasteiger partial charge in [0.1, 0.15) is 24.7 Å². The van der Waals surface area contributed by atoms with Crippen molar-refractivity contribution in [1.29, 1.82) is 0 Å². The van der Waals surface area contributed by atoms with E-state index in [9.17, 15) is 14.9 Å². The summed E-state index contributed by atoms with van der Waals surface area (Å²) >= 11 is 0. The van der Waals surface area contributed by atoms with Gasteiger partial charge in [-0.1, -0.05) is 6.92 Å². The third-order valence-corrected chi connectivity index (χ3v) is 3.47. The molecule has 0 spiro atoms. The molecule has 0 heterocycles. The number of hydrogen-bond donors (Lipinski definition) is 0. The Hall–Kier alpha value is -3.09. The number of carbonyl (C=O) groups is 1. The van der Waals surface area contributed by atoms with E-state index >= 15 is 0 Å². The third kappa shape index (κ3) is 4.94. The van der Waals surface area contributed by atoms with Gasteiger partial charge < -0.3 is 14.2 Å². The van der Waals surface area contributed by atoms with Crippen molar-refractivity contribution in [1.82, 2.24) is 0 Å². The first-order chi connectivity index (χ1) is 12.0. The highest BCUT2D eigenvalue weighted by atomic mass is 16.6. The second kappa shape index (κ2) is 8.68. The lowest BCUT2D eigenvalue weighted by Gasteiger charge is -2.10. The van der Waals surface area contributed by atoms with Gasteiger partial charge in [0.25, 0.3) is 0 Å². The van der Waals surface area contributed by atoms with Gasteiger partial charge in [0.2, 0.25) is 0 Å². The molecule has 2 rings (SSSR count). The van der Waals surface area contributed by atoms with Gasteiger partial charge in [0.05, 0.1) is 12.0 Å². The van der Waals surface area contributed by atoms with E-state index in [2.05, 4.69) is 0 Å². The van der Waals surface area contributed by atoms with Crippen molar-refractivity contribution in [2.75, 3.05) is 20.3 Å². The Kier molecular flexibility index (Phi) is 6.33. The monoisotopic (exact) mass is 345 g/mol. The van der Waals surface area contributed by atoms with E-state index in [4.69, 9.17) is 14.2 Å². The molecule has 0 fully saturated rings. The third-order valence-electron chi connectivity index (χ3n) is 3.47. The summed E-state index contributed by atoms with van der Waals surface area (Å²) in [5.74, 6) is 1.32. The van der Waals surface area contributed by atoms with Crippen LogP contribution in [0.3, 0.4) is 0 Å². The zero-order valence-corrected chi connectivity index (χ0v) is 14.1. The second-order valence-electron chi connectivity index (χ2n) is 5.09. The molecular formula is C18H19NO6. The summed E-state index contributed by atoms with van der Waals surface area (Å²) in [4.78, 5) is 22.3. The molecule has 7 heteroatoms. The number of ketones is 1. The Labute approximate surface area is 145 Å². The quantitative estimate of drug-likeness (QED) is 0.298. The van der Waals surface area contributed by atoms with Crippen LogP contribution >= 0.6 is 0 Å². The molecule has 0 aromatic heterocycles. The minimum absolute atomic E-state index is 0.107. The van der Waals surface area contributed by atoms with Crippen LogP contribution in [0.15, 0.2) is 42.5 Å². The van der Waals surface area contributed by atoms with Crippen LogP contribution in [-0.4, -0.2) is 31.0 Å². The molecular weight excluding hydrogens is 326 g/mol. The summed E-state index contributed by atoms with van der Waals surface area (Å²) in [7, 11) is 1.58. The molecule has 132 valence electrons. The normalized spacial score (nSPS) is 10.2. The predicted molar refractivity (Wildman–Crippen MR) is 91.7 cm³/mol. The number of Topliss-reactive ketones (excluding diaryl/α,β-unsaturated/α-hetero) is 1. The molecule has 0 aliphatic heterocycles. The summed E-state index contributed by atoms with van der Waals surface area (Å²) in [6.45, 7) is 2.06. The van der Waals surface area contributed by atoms with E-state index in [1.54, 1.807) is 38.3 Å². The Bertz CT molecular complexity index is 742. The summed E-state index contributed by atoms with van der Waals surface area (Å²) in [6.07, 6.45) is 0.285. The van der Waals surface area contributed by atoms with Crippen molar-refractivity contribution in [2.45, 2.75) is 13.3 Å². The number of ether oxygens (including phenoxy) is 3.